The number of carbonyl (C=O) groups excluding carboxylic acids is 2. The van der Waals surface area contributed by atoms with Gasteiger partial charge in [0.05, 0.1) is 23.4 Å². The standard InChI is InChI=1S/C13H16F3N3O2/c1-7(2)19-10(20)6-18-12(21)8-4-3-5-9(11(8)17)13(14,15)16/h3-5,7H,6,17H2,1-2H3,(H,18,21)(H,19,20). The number of rotatable bonds is 4. The Morgan fingerprint density at radius 3 is 2.43 bits per heavy atom. The van der Waals surface area contributed by atoms with Crippen LogP contribution in [0.5, 0.6) is 0 Å². The fourth-order valence-electron chi connectivity index (χ4n) is 1.64. The van der Waals surface area contributed by atoms with Crippen LogP contribution >= 0.6 is 0 Å². The molecule has 0 aromatic heterocycles. The van der Waals surface area contributed by atoms with E-state index < -0.39 is 29.2 Å². The number of halogens is 3. The zero-order valence-corrected chi connectivity index (χ0v) is 11.5. The van der Waals surface area contributed by atoms with Crippen LogP contribution in [-0.4, -0.2) is 24.4 Å². The summed E-state index contributed by atoms with van der Waals surface area (Å²) in [5, 5.41) is 4.76. The predicted octanol–water partition coefficient (Wildman–Crippen LogP) is 1.54. The highest BCUT2D eigenvalue weighted by Gasteiger charge is 2.34. The van der Waals surface area contributed by atoms with Gasteiger partial charge in [-0.1, -0.05) is 6.07 Å². The van der Waals surface area contributed by atoms with E-state index in [-0.39, 0.29) is 18.2 Å². The fraction of sp³-hybridized carbons (Fsp3) is 0.385. The number of benzene rings is 1. The topological polar surface area (TPSA) is 84.2 Å². The average Bonchev–Trinajstić information content (AvgIpc) is 2.34. The Morgan fingerprint density at radius 1 is 1.29 bits per heavy atom. The molecule has 0 aliphatic heterocycles. The minimum atomic E-state index is -4.64. The number of anilines is 1. The van der Waals surface area contributed by atoms with E-state index in [1.165, 1.54) is 6.07 Å². The third kappa shape index (κ3) is 4.66. The molecule has 4 N–H and O–H groups in total. The molecule has 0 fully saturated rings. The Hall–Kier alpha value is -2.25. The van der Waals surface area contributed by atoms with E-state index in [0.29, 0.717) is 0 Å². The van der Waals surface area contributed by atoms with Crippen LogP contribution in [0, 0.1) is 0 Å². The number of nitrogen functional groups attached to an aromatic ring is 1. The van der Waals surface area contributed by atoms with Crippen molar-refractivity contribution in [2.45, 2.75) is 26.1 Å². The monoisotopic (exact) mass is 303 g/mol. The molecule has 0 unspecified atom stereocenters. The lowest BCUT2D eigenvalue weighted by atomic mass is 10.1. The van der Waals surface area contributed by atoms with Gasteiger partial charge in [-0.3, -0.25) is 9.59 Å². The molecule has 0 heterocycles. The Bertz CT molecular complexity index is 542. The molecule has 0 radical (unpaired) electrons. The molecular weight excluding hydrogens is 287 g/mol. The highest BCUT2D eigenvalue weighted by Crippen LogP contribution is 2.34. The molecule has 1 aromatic rings. The lowest BCUT2D eigenvalue weighted by Crippen LogP contribution is -2.40. The first-order valence-electron chi connectivity index (χ1n) is 6.16. The smallest absolute Gasteiger partial charge is 0.398 e. The summed E-state index contributed by atoms with van der Waals surface area (Å²) in [7, 11) is 0. The van der Waals surface area contributed by atoms with Crippen molar-refractivity contribution in [3.05, 3.63) is 29.3 Å². The highest BCUT2D eigenvalue weighted by atomic mass is 19.4. The van der Waals surface area contributed by atoms with Gasteiger partial charge in [0, 0.05) is 6.04 Å². The number of alkyl halides is 3. The van der Waals surface area contributed by atoms with Crippen LogP contribution in [0.2, 0.25) is 0 Å². The van der Waals surface area contributed by atoms with Gasteiger partial charge in [0.2, 0.25) is 5.91 Å². The number of para-hydroxylation sites is 1. The minimum absolute atomic E-state index is 0.104. The first-order chi connectivity index (χ1) is 9.62. The molecule has 5 nitrogen and oxygen atoms in total. The number of nitrogens with two attached hydrogens (primary N) is 1. The Morgan fingerprint density at radius 2 is 1.90 bits per heavy atom. The molecular formula is C13H16F3N3O2. The summed E-state index contributed by atoms with van der Waals surface area (Å²) in [6.45, 7) is 3.14. The normalized spacial score (nSPS) is 11.3. The minimum Gasteiger partial charge on any atom is -0.398 e. The molecule has 0 aliphatic carbocycles. The third-order valence-corrected chi connectivity index (χ3v) is 2.52. The van der Waals surface area contributed by atoms with Crippen molar-refractivity contribution in [3.8, 4) is 0 Å². The Balaban J connectivity index is 2.82. The van der Waals surface area contributed by atoms with Crippen LogP contribution in [0.15, 0.2) is 18.2 Å². The first-order valence-corrected chi connectivity index (χ1v) is 6.16. The fourth-order valence-corrected chi connectivity index (χ4v) is 1.64. The van der Waals surface area contributed by atoms with Crippen molar-refractivity contribution >= 4 is 17.5 Å². The molecule has 8 heteroatoms. The second kappa shape index (κ2) is 6.47. The van der Waals surface area contributed by atoms with Crippen molar-refractivity contribution in [3.63, 3.8) is 0 Å². The highest BCUT2D eigenvalue weighted by molar-refractivity contribution is 6.01. The first kappa shape index (κ1) is 16.8. The van der Waals surface area contributed by atoms with Gasteiger partial charge in [-0.2, -0.15) is 13.2 Å². The number of hydrogen-bond donors (Lipinski definition) is 3. The maximum Gasteiger partial charge on any atom is 0.418 e. The summed E-state index contributed by atoms with van der Waals surface area (Å²) in [6.07, 6.45) is -4.64. The summed E-state index contributed by atoms with van der Waals surface area (Å²) in [4.78, 5) is 23.2. The maximum atomic E-state index is 12.7. The largest absolute Gasteiger partial charge is 0.418 e. The van der Waals surface area contributed by atoms with Crippen LogP contribution in [0.3, 0.4) is 0 Å². The van der Waals surface area contributed by atoms with E-state index in [9.17, 15) is 22.8 Å². The second-order valence-corrected chi connectivity index (χ2v) is 4.67. The summed E-state index contributed by atoms with van der Waals surface area (Å²) < 4.78 is 38.0. The summed E-state index contributed by atoms with van der Waals surface area (Å²) in [6, 6.07) is 2.94. The van der Waals surface area contributed by atoms with Gasteiger partial charge in [0.25, 0.3) is 5.91 Å². The second-order valence-electron chi connectivity index (χ2n) is 4.67. The van der Waals surface area contributed by atoms with Crippen LogP contribution < -0.4 is 16.4 Å². The van der Waals surface area contributed by atoms with Crippen LogP contribution in [0.1, 0.15) is 29.8 Å². The maximum absolute atomic E-state index is 12.7. The quantitative estimate of drug-likeness (QED) is 0.738. The van der Waals surface area contributed by atoms with E-state index in [4.69, 9.17) is 5.73 Å². The summed E-state index contributed by atoms with van der Waals surface area (Å²) in [5.41, 5.74) is 3.32. The molecule has 1 aromatic carbocycles. The van der Waals surface area contributed by atoms with Crippen molar-refractivity contribution in [1.29, 1.82) is 0 Å². The van der Waals surface area contributed by atoms with Gasteiger partial charge in [-0.15, -0.1) is 0 Å². The summed E-state index contributed by atoms with van der Waals surface area (Å²) >= 11 is 0. The molecule has 21 heavy (non-hydrogen) atoms. The molecule has 0 saturated carbocycles. The summed E-state index contributed by atoms with van der Waals surface area (Å²) in [5.74, 6) is -1.28. The molecule has 116 valence electrons. The van der Waals surface area contributed by atoms with Crippen molar-refractivity contribution in [2.24, 2.45) is 0 Å². The van der Waals surface area contributed by atoms with Crippen molar-refractivity contribution < 1.29 is 22.8 Å². The number of carbonyl (C=O) groups is 2. The molecule has 0 atom stereocenters. The van der Waals surface area contributed by atoms with Crippen LogP contribution in [0.4, 0.5) is 18.9 Å². The van der Waals surface area contributed by atoms with E-state index in [1.807, 2.05) is 0 Å². The van der Waals surface area contributed by atoms with Crippen molar-refractivity contribution in [2.75, 3.05) is 12.3 Å². The Kier molecular flexibility index (Phi) is 5.17. The molecule has 0 bridgehead atoms. The van der Waals surface area contributed by atoms with Gasteiger partial charge in [0.15, 0.2) is 0 Å². The molecule has 0 saturated heterocycles. The number of hydrogen-bond acceptors (Lipinski definition) is 3. The molecule has 0 aliphatic rings. The van der Waals surface area contributed by atoms with E-state index in [0.717, 1.165) is 12.1 Å². The van der Waals surface area contributed by atoms with E-state index >= 15 is 0 Å². The lowest BCUT2D eigenvalue weighted by molar-refractivity contribution is -0.137. The van der Waals surface area contributed by atoms with Gasteiger partial charge in [0.1, 0.15) is 0 Å². The van der Waals surface area contributed by atoms with E-state index in [2.05, 4.69) is 10.6 Å². The SMILES string of the molecule is CC(C)NC(=O)CNC(=O)c1cccc(C(F)(F)F)c1N. The van der Waals surface area contributed by atoms with Crippen LogP contribution in [-0.2, 0) is 11.0 Å². The Labute approximate surface area is 119 Å². The molecule has 1 rings (SSSR count). The van der Waals surface area contributed by atoms with Gasteiger partial charge < -0.3 is 16.4 Å². The van der Waals surface area contributed by atoms with Crippen molar-refractivity contribution in [1.82, 2.24) is 10.6 Å². The molecule has 0 spiro atoms. The third-order valence-electron chi connectivity index (χ3n) is 2.52. The zero-order chi connectivity index (χ0) is 16.2. The number of nitrogens with one attached hydrogen (secondary N) is 2. The van der Waals surface area contributed by atoms with Gasteiger partial charge >= 0.3 is 6.18 Å². The zero-order valence-electron chi connectivity index (χ0n) is 11.5. The van der Waals surface area contributed by atoms with Gasteiger partial charge in [-0.25, -0.2) is 0 Å². The average molecular weight is 303 g/mol. The van der Waals surface area contributed by atoms with Gasteiger partial charge in [-0.05, 0) is 26.0 Å². The lowest BCUT2D eigenvalue weighted by Gasteiger charge is -2.14. The van der Waals surface area contributed by atoms with E-state index in [1.54, 1.807) is 13.8 Å². The number of amides is 2. The predicted molar refractivity (Wildman–Crippen MR) is 71.5 cm³/mol. The van der Waals surface area contributed by atoms with Crippen LogP contribution in [0.25, 0.3) is 0 Å². The molecule has 2 amide bonds.